The number of hydrogen-bond donors (Lipinski definition) is 0. The minimum atomic E-state index is -0.337. The van der Waals surface area contributed by atoms with Gasteiger partial charge in [0.1, 0.15) is 11.5 Å². The lowest BCUT2D eigenvalue weighted by Crippen LogP contribution is -2.15. The molecule has 2 heterocycles. The first-order chi connectivity index (χ1) is 29.9. The van der Waals surface area contributed by atoms with Gasteiger partial charge in [0.15, 0.2) is 11.6 Å². The minimum Gasteiger partial charge on any atom is -0.427 e. The molecule has 0 N–H and O–H groups in total. The predicted molar refractivity (Wildman–Crippen MR) is 250 cm³/mol. The van der Waals surface area contributed by atoms with Gasteiger partial charge in [-0.25, -0.2) is 19.9 Å². The van der Waals surface area contributed by atoms with E-state index in [-0.39, 0.29) is 30.7 Å². The van der Waals surface area contributed by atoms with Gasteiger partial charge in [-0.1, -0.05) is 149 Å². The van der Waals surface area contributed by atoms with Crippen molar-refractivity contribution in [2.75, 3.05) is 0 Å². The summed E-state index contributed by atoms with van der Waals surface area (Å²) in [6, 6.07) is 14.6. The van der Waals surface area contributed by atoms with Gasteiger partial charge in [0.05, 0.1) is 0 Å². The smallest absolute Gasteiger partial charge is 0.311 e. The summed E-state index contributed by atoms with van der Waals surface area (Å²) in [6.07, 6.45) is 40.0. The maximum absolute atomic E-state index is 12.7. The van der Waals surface area contributed by atoms with Crippen molar-refractivity contribution in [3.8, 4) is 34.3 Å². The second-order valence-electron chi connectivity index (χ2n) is 17.2. The van der Waals surface area contributed by atoms with E-state index in [2.05, 4.69) is 33.8 Å². The lowest BCUT2D eigenvalue weighted by Gasteiger charge is -2.11. The van der Waals surface area contributed by atoms with Crippen molar-refractivity contribution < 1.29 is 19.1 Å². The molecule has 0 spiro atoms. The fraction of sp³-hybridized carbons (Fsp3) is 0.585. The summed E-state index contributed by atoms with van der Waals surface area (Å²) in [5.74, 6) is 1.53. The molecule has 61 heavy (non-hydrogen) atoms. The number of aryl methyl sites for hydroxylation is 2. The van der Waals surface area contributed by atoms with E-state index >= 15 is 0 Å². The first-order valence-electron chi connectivity index (χ1n) is 24.2. The Balaban J connectivity index is 1.05. The number of hydrogen-bond acceptors (Lipinski definition) is 8. The third-order valence-corrected chi connectivity index (χ3v) is 11.6. The number of ether oxygens (including phenoxy) is 2. The molecule has 0 amide bonds. The molecule has 2 aromatic carbocycles. The van der Waals surface area contributed by atoms with Gasteiger partial charge >= 0.3 is 11.9 Å². The Kier molecular flexibility index (Phi) is 24.6. The largest absolute Gasteiger partial charge is 0.427 e. The second-order valence-corrected chi connectivity index (χ2v) is 17.2. The van der Waals surface area contributed by atoms with Crippen LogP contribution in [0.5, 0.6) is 11.5 Å². The van der Waals surface area contributed by atoms with E-state index in [9.17, 15) is 9.59 Å². The molecule has 0 radical (unpaired) electrons. The SMILES string of the molecule is CCCCCCCCCCCCCc1cnc(-c2ccc(OC(=O)CC[C@@H](C)CC(=O)Oc3ccc(-c4ncc(CCCCCCCCCCCCC)cn4)cc3)cc2)nc1. The molecular weight excluding hydrogens is 757 g/mol. The first kappa shape index (κ1) is 49.2. The third-order valence-electron chi connectivity index (χ3n) is 11.6. The van der Waals surface area contributed by atoms with Gasteiger partial charge in [-0.3, -0.25) is 9.59 Å². The average molecular weight is 833 g/mol. The van der Waals surface area contributed by atoms with Crippen molar-refractivity contribution in [2.45, 2.75) is 194 Å². The Hall–Kier alpha value is -4.46. The number of benzene rings is 2. The fourth-order valence-electron chi connectivity index (χ4n) is 7.70. The van der Waals surface area contributed by atoms with Crippen LogP contribution in [0.1, 0.15) is 192 Å². The molecule has 0 aliphatic heterocycles. The molecule has 0 aliphatic rings. The molecule has 8 heteroatoms. The summed E-state index contributed by atoms with van der Waals surface area (Å²) >= 11 is 0. The zero-order valence-corrected chi connectivity index (χ0v) is 38.0. The van der Waals surface area contributed by atoms with E-state index in [1.807, 2.05) is 56.0 Å². The van der Waals surface area contributed by atoms with Crippen LogP contribution in [-0.2, 0) is 22.4 Å². The van der Waals surface area contributed by atoms with Crippen LogP contribution < -0.4 is 9.47 Å². The number of esters is 2. The maximum atomic E-state index is 12.7. The average Bonchev–Trinajstić information content (AvgIpc) is 3.27. The van der Waals surface area contributed by atoms with Crippen molar-refractivity contribution in [3.05, 3.63) is 84.4 Å². The monoisotopic (exact) mass is 833 g/mol. The third kappa shape index (κ3) is 21.3. The zero-order chi connectivity index (χ0) is 43.2. The van der Waals surface area contributed by atoms with Crippen LogP contribution in [0.4, 0.5) is 0 Å². The highest BCUT2D eigenvalue weighted by Crippen LogP contribution is 2.23. The molecular formula is C53H76N4O4. The van der Waals surface area contributed by atoms with Crippen molar-refractivity contribution in [1.29, 1.82) is 0 Å². The molecule has 1 atom stereocenters. The molecule has 8 nitrogen and oxygen atoms in total. The molecule has 4 rings (SSSR count). The minimum absolute atomic E-state index is 0.0475. The van der Waals surface area contributed by atoms with Crippen LogP contribution in [0.3, 0.4) is 0 Å². The highest BCUT2D eigenvalue weighted by molar-refractivity contribution is 5.74. The molecule has 0 aliphatic carbocycles. The number of rotatable bonds is 33. The summed E-state index contributed by atoms with van der Waals surface area (Å²) in [7, 11) is 0. The number of unbranched alkanes of at least 4 members (excludes halogenated alkanes) is 20. The maximum Gasteiger partial charge on any atom is 0.311 e. The van der Waals surface area contributed by atoms with Crippen molar-refractivity contribution >= 4 is 11.9 Å². The van der Waals surface area contributed by atoms with E-state index in [0.717, 1.165) is 24.0 Å². The highest BCUT2D eigenvalue weighted by atomic mass is 16.5. The van der Waals surface area contributed by atoms with Gasteiger partial charge in [0, 0.05) is 48.8 Å². The van der Waals surface area contributed by atoms with Crippen LogP contribution in [0.15, 0.2) is 73.3 Å². The second kappa shape index (κ2) is 30.5. The molecule has 0 unspecified atom stereocenters. The summed E-state index contributed by atoms with van der Waals surface area (Å²) < 4.78 is 11.2. The van der Waals surface area contributed by atoms with Gasteiger partial charge in [0.25, 0.3) is 0 Å². The van der Waals surface area contributed by atoms with E-state index < -0.39 is 0 Å². The van der Waals surface area contributed by atoms with Crippen molar-refractivity contribution in [1.82, 2.24) is 19.9 Å². The van der Waals surface area contributed by atoms with E-state index in [1.165, 1.54) is 152 Å². The number of carbonyl (C=O) groups excluding carboxylic acids is 2. The van der Waals surface area contributed by atoms with Crippen LogP contribution in [0.25, 0.3) is 22.8 Å². The molecule has 0 bridgehead atoms. The Morgan fingerprint density at radius 3 is 1.15 bits per heavy atom. The Morgan fingerprint density at radius 1 is 0.459 bits per heavy atom. The Labute approximate surface area is 368 Å². The van der Waals surface area contributed by atoms with Crippen LogP contribution in [-0.4, -0.2) is 31.9 Å². The molecule has 4 aromatic rings. The number of carbonyl (C=O) groups is 2. The standard InChI is InChI=1S/C53H76N4O4/c1-4-6-8-10-12-14-16-18-20-22-24-26-44-39-54-52(55-40-44)46-29-33-48(34-30-46)60-50(58)37-28-43(3)38-51(59)61-49-35-31-47(32-36-49)53-56-41-45(42-57-53)27-25-23-21-19-17-15-13-11-9-7-5-2/h29-36,39-43H,4-28,37-38H2,1-3H3/t43-/m1/s1. The van der Waals surface area contributed by atoms with E-state index in [1.54, 1.807) is 24.3 Å². The summed E-state index contributed by atoms with van der Waals surface area (Å²) in [5, 5.41) is 0. The molecule has 0 saturated heterocycles. The summed E-state index contributed by atoms with van der Waals surface area (Å²) in [6.45, 7) is 6.48. The van der Waals surface area contributed by atoms with Crippen molar-refractivity contribution in [2.24, 2.45) is 5.92 Å². The lowest BCUT2D eigenvalue weighted by molar-refractivity contribution is -0.137. The quantitative estimate of drug-likeness (QED) is 0.0265. The molecule has 0 saturated carbocycles. The van der Waals surface area contributed by atoms with Gasteiger partial charge in [-0.2, -0.15) is 0 Å². The highest BCUT2D eigenvalue weighted by Gasteiger charge is 2.15. The fourth-order valence-corrected chi connectivity index (χ4v) is 7.70. The zero-order valence-electron chi connectivity index (χ0n) is 38.0. The van der Waals surface area contributed by atoms with Crippen LogP contribution in [0.2, 0.25) is 0 Å². The van der Waals surface area contributed by atoms with Gasteiger partial charge in [-0.15, -0.1) is 0 Å². The normalized spacial score (nSPS) is 11.7. The van der Waals surface area contributed by atoms with Gasteiger partial charge in [-0.05, 0) is 97.7 Å². The van der Waals surface area contributed by atoms with Crippen LogP contribution in [0, 0.1) is 5.92 Å². The van der Waals surface area contributed by atoms with Gasteiger partial charge < -0.3 is 9.47 Å². The number of nitrogens with zero attached hydrogens (tertiary/aromatic N) is 4. The van der Waals surface area contributed by atoms with Crippen molar-refractivity contribution in [3.63, 3.8) is 0 Å². The molecule has 2 aromatic heterocycles. The molecule has 0 fully saturated rings. The summed E-state index contributed by atoms with van der Waals surface area (Å²) in [4.78, 5) is 43.7. The van der Waals surface area contributed by atoms with Crippen LogP contribution >= 0.6 is 0 Å². The predicted octanol–water partition coefficient (Wildman–Crippen LogP) is 14.6. The Morgan fingerprint density at radius 2 is 0.787 bits per heavy atom. The number of aromatic nitrogens is 4. The van der Waals surface area contributed by atoms with E-state index in [4.69, 9.17) is 9.47 Å². The van der Waals surface area contributed by atoms with Gasteiger partial charge in [0.2, 0.25) is 0 Å². The Bertz CT molecular complexity index is 1740. The lowest BCUT2D eigenvalue weighted by atomic mass is 10.0. The summed E-state index contributed by atoms with van der Waals surface area (Å²) in [5.41, 5.74) is 4.07. The van der Waals surface area contributed by atoms with E-state index in [0.29, 0.717) is 29.6 Å². The topological polar surface area (TPSA) is 104 Å². The first-order valence-corrected chi connectivity index (χ1v) is 24.2. The molecule has 332 valence electrons.